The van der Waals surface area contributed by atoms with Gasteiger partial charge in [-0.25, -0.2) is 13.6 Å². The van der Waals surface area contributed by atoms with E-state index in [1.807, 2.05) is 5.32 Å². The van der Waals surface area contributed by atoms with Gasteiger partial charge in [0.25, 0.3) is 5.91 Å². The molecule has 0 spiro atoms. The van der Waals surface area contributed by atoms with E-state index in [-0.39, 0.29) is 22.2 Å². The fourth-order valence-electron chi connectivity index (χ4n) is 2.71. The Morgan fingerprint density at radius 2 is 1.53 bits per heavy atom. The molecule has 0 heterocycles. The molecular formula is C23H17F4NO3S. The highest BCUT2D eigenvalue weighted by atomic mass is 32.2. The first-order chi connectivity index (χ1) is 15.3. The number of ether oxygens (including phenoxy) is 1. The van der Waals surface area contributed by atoms with Crippen LogP contribution in [0.4, 0.5) is 17.6 Å². The van der Waals surface area contributed by atoms with Crippen molar-refractivity contribution in [1.29, 1.82) is 0 Å². The van der Waals surface area contributed by atoms with Crippen molar-refractivity contribution < 1.29 is 31.9 Å². The highest BCUT2D eigenvalue weighted by Gasteiger charge is 2.35. The van der Waals surface area contributed by atoms with Crippen LogP contribution in [-0.2, 0) is 9.53 Å². The van der Waals surface area contributed by atoms with Gasteiger partial charge in [-0.3, -0.25) is 4.79 Å². The summed E-state index contributed by atoms with van der Waals surface area (Å²) in [7, 11) is 0. The minimum absolute atomic E-state index is 0.0482. The van der Waals surface area contributed by atoms with Gasteiger partial charge in [0.15, 0.2) is 11.6 Å². The Balaban J connectivity index is 1.78. The number of rotatable bonds is 8. The Bertz CT molecular complexity index is 1080. The molecule has 0 aliphatic rings. The first-order valence-corrected chi connectivity index (χ1v) is 10.2. The number of esters is 1. The summed E-state index contributed by atoms with van der Waals surface area (Å²) in [6, 6.07) is 18.3. The summed E-state index contributed by atoms with van der Waals surface area (Å²) in [5.74, 6) is -4.91. The van der Waals surface area contributed by atoms with Crippen LogP contribution in [0, 0.1) is 11.6 Å². The molecule has 3 aromatic carbocycles. The summed E-state index contributed by atoms with van der Waals surface area (Å²) in [5, 5.41) is -1.44. The van der Waals surface area contributed by atoms with Crippen LogP contribution in [0.1, 0.15) is 22.0 Å². The molecule has 0 saturated carbocycles. The molecule has 0 aliphatic heterocycles. The standard InChI is InChI=1S/C23H17F4NO3S/c24-18-13-7-12-17(19(18)25)20(31-22(30)15-8-3-1-4-9-15)21(29)28-14-23(26,27)32-16-10-5-2-6-11-16/h1-13,20H,14H2,(H,28,29). The quantitative estimate of drug-likeness (QED) is 0.278. The first-order valence-electron chi connectivity index (χ1n) is 9.36. The summed E-state index contributed by atoms with van der Waals surface area (Å²) in [5.41, 5.74) is -0.544. The Kier molecular flexibility index (Phi) is 7.53. The number of hydrogen-bond acceptors (Lipinski definition) is 4. The second-order valence-corrected chi connectivity index (χ2v) is 7.84. The van der Waals surface area contributed by atoms with Crippen molar-refractivity contribution in [1.82, 2.24) is 5.32 Å². The van der Waals surface area contributed by atoms with Gasteiger partial charge in [0.05, 0.1) is 12.1 Å². The Hall–Kier alpha value is -3.33. The van der Waals surface area contributed by atoms with Crippen molar-refractivity contribution >= 4 is 23.6 Å². The zero-order valence-corrected chi connectivity index (χ0v) is 17.3. The van der Waals surface area contributed by atoms with Gasteiger partial charge < -0.3 is 10.1 Å². The summed E-state index contributed by atoms with van der Waals surface area (Å²) in [4.78, 5) is 25.3. The largest absolute Gasteiger partial charge is 0.444 e. The number of benzene rings is 3. The van der Waals surface area contributed by atoms with Crippen molar-refractivity contribution in [3.8, 4) is 0 Å². The predicted octanol–water partition coefficient (Wildman–Crippen LogP) is 5.36. The molecule has 1 atom stereocenters. The number of halogens is 4. The third-order valence-electron chi connectivity index (χ3n) is 4.22. The van der Waals surface area contributed by atoms with E-state index < -0.39 is 47.0 Å². The van der Waals surface area contributed by atoms with Crippen molar-refractivity contribution in [2.24, 2.45) is 0 Å². The normalized spacial score (nSPS) is 12.1. The number of carbonyl (C=O) groups is 2. The van der Waals surface area contributed by atoms with Crippen molar-refractivity contribution in [2.75, 3.05) is 6.54 Å². The van der Waals surface area contributed by atoms with E-state index in [1.165, 1.54) is 36.4 Å². The summed E-state index contributed by atoms with van der Waals surface area (Å²) in [6.45, 7) is -1.12. The lowest BCUT2D eigenvalue weighted by Crippen LogP contribution is -2.39. The molecule has 0 aliphatic carbocycles. The molecule has 0 radical (unpaired) electrons. The number of nitrogens with one attached hydrogen (secondary N) is 1. The molecule has 0 bridgehead atoms. The van der Waals surface area contributed by atoms with E-state index >= 15 is 0 Å². The smallest absolute Gasteiger partial charge is 0.339 e. The second kappa shape index (κ2) is 10.3. The maximum absolute atomic E-state index is 14.3. The van der Waals surface area contributed by atoms with Gasteiger partial charge in [-0.15, -0.1) is 0 Å². The lowest BCUT2D eigenvalue weighted by Gasteiger charge is -2.21. The summed E-state index contributed by atoms with van der Waals surface area (Å²) >= 11 is 0.222. The molecule has 1 N–H and O–H groups in total. The van der Waals surface area contributed by atoms with Crippen LogP contribution >= 0.6 is 11.8 Å². The number of thioether (sulfide) groups is 1. The monoisotopic (exact) mass is 463 g/mol. The molecule has 0 aromatic heterocycles. The van der Waals surface area contributed by atoms with Gasteiger partial charge >= 0.3 is 11.2 Å². The van der Waals surface area contributed by atoms with Crippen molar-refractivity contribution in [3.05, 3.63) is 102 Å². The third-order valence-corrected chi connectivity index (χ3v) is 5.17. The van der Waals surface area contributed by atoms with E-state index in [0.29, 0.717) is 0 Å². The first kappa shape index (κ1) is 23.3. The van der Waals surface area contributed by atoms with E-state index in [9.17, 15) is 27.2 Å². The third kappa shape index (κ3) is 6.10. The van der Waals surface area contributed by atoms with Gasteiger partial charge in [0.1, 0.15) is 0 Å². The molecule has 32 heavy (non-hydrogen) atoms. The van der Waals surface area contributed by atoms with E-state index in [0.717, 1.165) is 18.2 Å². The van der Waals surface area contributed by atoms with Crippen LogP contribution in [0.2, 0.25) is 0 Å². The van der Waals surface area contributed by atoms with Crippen molar-refractivity contribution in [2.45, 2.75) is 16.3 Å². The predicted molar refractivity (Wildman–Crippen MR) is 111 cm³/mol. The topological polar surface area (TPSA) is 55.4 Å². The van der Waals surface area contributed by atoms with Crippen LogP contribution in [0.5, 0.6) is 0 Å². The van der Waals surface area contributed by atoms with Crippen molar-refractivity contribution in [3.63, 3.8) is 0 Å². The second-order valence-electron chi connectivity index (χ2n) is 6.56. The number of amides is 1. The summed E-state index contributed by atoms with van der Waals surface area (Å²) < 4.78 is 61.8. The van der Waals surface area contributed by atoms with Crippen LogP contribution in [-0.4, -0.2) is 23.7 Å². The van der Waals surface area contributed by atoms with Gasteiger partial charge in [0, 0.05) is 10.5 Å². The average Bonchev–Trinajstić information content (AvgIpc) is 2.79. The van der Waals surface area contributed by atoms with E-state index in [2.05, 4.69) is 0 Å². The lowest BCUT2D eigenvalue weighted by molar-refractivity contribution is -0.131. The highest BCUT2D eigenvalue weighted by Crippen LogP contribution is 2.35. The van der Waals surface area contributed by atoms with E-state index in [4.69, 9.17) is 4.74 Å². The van der Waals surface area contributed by atoms with Crippen LogP contribution in [0.25, 0.3) is 0 Å². The molecular weight excluding hydrogens is 446 g/mol. The minimum atomic E-state index is -3.41. The SMILES string of the molecule is O=C(OC(C(=O)NCC(F)(F)Sc1ccccc1)c1cccc(F)c1F)c1ccccc1. The molecule has 0 fully saturated rings. The van der Waals surface area contributed by atoms with Gasteiger partial charge in [-0.05, 0) is 30.3 Å². The number of hydrogen-bond donors (Lipinski definition) is 1. The van der Waals surface area contributed by atoms with Gasteiger partial charge in [-0.2, -0.15) is 8.78 Å². The zero-order chi connectivity index (χ0) is 23.1. The average molecular weight is 463 g/mol. The Morgan fingerprint density at radius 1 is 0.906 bits per heavy atom. The molecule has 1 amide bonds. The lowest BCUT2D eigenvalue weighted by atomic mass is 10.1. The zero-order valence-electron chi connectivity index (χ0n) is 16.4. The molecule has 9 heteroatoms. The Labute approximate surface area is 185 Å². The van der Waals surface area contributed by atoms with Crippen LogP contribution in [0.15, 0.2) is 83.8 Å². The number of alkyl halides is 2. The summed E-state index contributed by atoms with van der Waals surface area (Å²) in [6.07, 6.45) is -1.98. The molecule has 3 aromatic rings. The van der Waals surface area contributed by atoms with E-state index in [1.54, 1.807) is 24.3 Å². The van der Waals surface area contributed by atoms with Crippen LogP contribution < -0.4 is 5.32 Å². The van der Waals surface area contributed by atoms with Gasteiger partial charge in [0.2, 0.25) is 6.10 Å². The molecule has 1 unspecified atom stereocenters. The molecule has 3 rings (SSSR count). The van der Waals surface area contributed by atoms with Crippen LogP contribution in [0.3, 0.4) is 0 Å². The highest BCUT2D eigenvalue weighted by molar-refractivity contribution is 8.00. The number of carbonyl (C=O) groups excluding carboxylic acids is 2. The van der Waals surface area contributed by atoms with Gasteiger partial charge in [-0.1, -0.05) is 60.3 Å². The molecule has 0 saturated heterocycles. The molecule has 166 valence electrons. The maximum Gasteiger partial charge on any atom is 0.339 e. The fraction of sp³-hybridized carbons (Fsp3) is 0.130. The maximum atomic E-state index is 14.3. The fourth-order valence-corrected chi connectivity index (χ4v) is 3.49. The minimum Gasteiger partial charge on any atom is -0.444 e. The Morgan fingerprint density at radius 3 is 2.19 bits per heavy atom. The molecule has 4 nitrogen and oxygen atoms in total.